The monoisotopic (exact) mass is 170 g/mol. The highest BCUT2D eigenvalue weighted by Gasteiger charge is 2.16. The summed E-state index contributed by atoms with van der Waals surface area (Å²) >= 11 is 1.96. The van der Waals surface area contributed by atoms with Gasteiger partial charge in [-0.25, -0.2) is 0 Å². The smallest absolute Gasteiger partial charge is 0.100 e. The standard InChI is InChI=1S/C6H10N4S/c1-2-11-4-6(7-1)5-3-8-10-9-5/h3,6-7H,1-2,4H2,(H,8,9,10). The van der Waals surface area contributed by atoms with E-state index in [-0.39, 0.29) is 0 Å². The lowest BCUT2D eigenvalue weighted by molar-refractivity contribution is 0.579. The molecule has 2 rings (SSSR count). The molecule has 11 heavy (non-hydrogen) atoms. The van der Waals surface area contributed by atoms with Gasteiger partial charge in [0.1, 0.15) is 5.69 Å². The molecule has 1 saturated heterocycles. The van der Waals surface area contributed by atoms with E-state index < -0.39 is 0 Å². The van der Waals surface area contributed by atoms with Crippen LogP contribution in [0.1, 0.15) is 11.7 Å². The molecule has 0 amide bonds. The lowest BCUT2D eigenvalue weighted by Crippen LogP contribution is -2.30. The molecule has 1 atom stereocenters. The summed E-state index contributed by atoms with van der Waals surface area (Å²) in [6, 6.07) is 0.396. The van der Waals surface area contributed by atoms with Crippen LogP contribution in [0.3, 0.4) is 0 Å². The predicted octanol–water partition coefficient (Wildman–Crippen LogP) is 0.182. The van der Waals surface area contributed by atoms with E-state index in [0.29, 0.717) is 6.04 Å². The first-order valence-electron chi connectivity index (χ1n) is 3.63. The molecule has 0 aromatic carbocycles. The van der Waals surface area contributed by atoms with Crippen molar-refractivity contribution < 1.29 is 0 Å². The van der Waals surface area contributed by atoms with Gasteiger partial charge in [-0.1, -0.05) is 0 Å². The van der Waals surface area contributed by atoms with Gasteiger partial charge in [-0.15, -0.1) is 0 Å². The Kier molecular flexibility index (Phi) is 2.09. The Morgan fingerprint density at radius 1 is 1.64 bits per heavy atom. The summed E-state index contributed by atoms with van der Waals surface area (Å²) in [6.45, 7) is 1.07. The molecule has 0 saturated carbocycles. The van der Waals surface area contributed by atoms with Gasteiger partial charge >= 0.3 is 0 Å². The van der Waals surface area contributed by atoms with Crippen molar-refractivity contribution in [3.63, 3.8) is 0 Å². The summed E-state index contributed by atoms with van der Waals surface area (Å²) in [5.41, 5.74) is 1.03. The fourth-order valence-corrected chi connectivity index (χ4v) is 2.09. The second-order valence-corrected chi connectivity index (χ2v) is 3.63. The Bertz CT molecular complexity index is 204. The second-order valence-electron chi connectivity index (χ2n) is 2.48. The molecule has 0 radical (unpaired) electrons. The average molecular weight is 170 g/mol. The van der Waals surface area contributed by atoms with Gasteiger partial charge in [-0.05, 0) is 0 Å². The quantitative estimate of drug-likeness (QED) is 0.631. The van der Waals surface area contributed by atoms with Crippen LogP contribution in [0.5, 0.6) is 0 Å². The summed E-state index contributed by atoms with van der Waals surface area (Å²) in [4.78, 5) is 0. The van der Waals surface area contributed by atoms with E-state index in [2.05, 4.69) is 20.7 Å². The van der Waals surface area contributed by atoms with Crippen LogP contribution in [-0.2, 0) is 0 Å². The first-order chi connectivity index (χ1) is 5.47. The summed E-state index contributed by atoms with van der Waals surface area (Å²) in [7, 11) is 0. The minimum Gasteiger partial charge on any atom is -0.307 e. The first-order valence-corrected chi connectivity index (χ1v) is 4.79. The normalized spacial score (nSPS) is 25.3. The lowest BCUT2D eigenvalue weighted by atomic mass is 10.2. The van der Waals surface area contributed by atoms with E-state index >= 15 is 0 Å². The molecule has 0 aliphatic carbocycles. The van der Waals surface area contributed by atoms with Gasteiger partial charge in [0.15, 0.2) is 0 Å². The minimum atomic E-state index is 0.396. The Balaban J connectivity index is 2.04. The van der Waals surface area contributed by atoms with Crippen molar-refractivity contribution in [1.29, 1.82) is 0 Å². The minimum absolute atomic E-state index is 0.396. The largest absolute Gasteiger partial charge is 0.307 e. The number of rotatable bonds is 1. The van der Waals surface area contributed by atoms with E-state index in [0.717, 1.165) is 18.0 Å². The van der Waals surface area contributed by atoms with Crippen LogP contribution in [0.15, 0.2) is 6.20 Å². The summed E-state index contributed by atoms with van der Waals surface area (Å²) < 4.78 is 0. The molecule has 4 nitrogen and oxygen atoms in total. The van der Waals surface area contributed by atoms with E-state index in [9.17, 15) is 0 Å². The number of thioether (sulfide) groups is 1. The third kappa shape index (κ3) is 1.54. The van der Waals surface area contributed by atoms with E-state index in [1.807, 2.05) is 11.8 Å². The number of aromatic nitrogens is 3. The van der Waals surface area contributed by atoms with Crippen LogP contribution in [-0.4, -0.2) is 33.5 Å². The summed E-state index contributed by atoms with van der Waals surface area (Å²) in [6.07, 6.45) is 1.78. The van der Waals surface area contributed by atoms with Crippen molar-refractivity contribution >= 4 is 11.8 Å². The Morgan fingerprint density at radius 2 is 2.64 bits per heavy atom. The lowest BCUT2D eigenvalue weighted by Gasteiger charge is -2.20. The molecule has 1 aliphatic rings. The highest BCUT2D eigenvalue weighted by molar-refractivity contribution is 7.99. The van der Waals surface area contributed by atoms with Crippen LogP contribution in [0, 0.1) is 0 Å². The van der Waals surface area contributed by atoms with Gasteiger partial charge in [-0.2, -0.15) is 27.2 Å². The molecule has 1 unspecified atom stereocenters. The highest BCUT2D eigenvalue weighted by Crippen LogP contribution is 2.18. The topological polar surface area (TPSA) is 53.6 Å². The highest BCUT2D eigenvalue weighted by atomic mass is 32.2. The Labute approximate surface area is 69.1 Å². The number of hydrogen-bond acceptors (Lipinski definition) is 4. The van der Waals surface area contributed by atoms with Crippen molar-refractivity contribution in [3.8, 4) is 0 Å². The molecule has 1 aromatic rings. The number of nitrogens with zero attached hydrogens (tertiary/aromatic N) is 2. The zero-order chi connectivity index (χ0) is 7.52. The molecular formula is C6H10N4S. The predicted molar refractivity (Wildman–Crippen MR) is 44.5 cm³/mol. The second kappa shape index (κ2) is 3.23. The average Bonchev–Trinajstić information content (AvgIpc) is 2.58. The molecule has 1 aliphatic heterocycles. The zero-order valence-corrected chi connectivity index (χ0v) is 6.90. The number of aromatic amines is 1. The van der Waals surface area contributed by atoms with Gasteiger partial charge < -0.3 is 5.32 Å². The SMILES string of the molecule is c1n[nH]nc1C1CSCCN1. The van der Waals surface area contributed by atoms with Crippen molar-refractivity contribution in [2.24, 2.45) is 0 Å². The molecule has 0 bridgehead atoms. The maximum absolute atomic E-state index is 4.03. The van der Waals surface area contributed by atoms with Crippen molar-refractivity contribution in [3.05, 3.63) is 11.9 Å². The molecule has 0 spiro atoms. The van der Waals surface area contributed by atoms with Crippen molar-refractivity contribution in [2.45, 2.75) is 6.04 Å². The number of hydrogen-bond donors (Lipinski definition) is 2. The van der Waals surface area contributed by atoms with Crippen LogP contribution >= 0.6 is 11.8 Å². The van der Waals surface area contributed by atoms with Gasteiger partial charge in [0.2, 0.25) is 0 Å². The summed E-state index contributed by atoms with van der Waals surface area (Å²) in [5.74, 6) is 2.31. The van der Waals surface area contributed by atoms with Crippen LogP contribution in [0.25, 0.3) is 0 Å². The number of nitrogens with one attached hydrogen (secondary N) is 2. The van der Waals surface area contributed by atoms with Crippen LogP contribution < -0.4 is 5.32 Å². The van der Waals surface area contributed by atoms with Crippen LogP contribution in [0.4, 0.5) is 0 Å². The zero-order valence-electron chi connectivity index (χ0n) is 6.08. The Morgan fingerprint density at radius 3 is 3.27 bits per heavy atom. The van der Waals surface area contributed by atoms with E-state index in [1.54, 1.807) is 6.20 Å². The molecule has 1 aromatic heterocycles. The summed E-state index contributed by atoms with van der Waals surface area (Å²) in [5, 5.41) is 13.8. The number of H-pyrrole nitrogens is 1. The third-order valence-electron chi connectivity index (χ3n) is 1.71. The maximum Gasteiger partial charge on any atom is 0.100 e. The van der Waals surface area contributed by atoms with Gasteiger partial charge in [0.25, 0.3) is 0 Å². The third-order valence-corrected chi connectivity index (χ3v) is 2.77. The fraction of sp³-hybridized carbons (Fsp3) is 0.667. The molecule has 2 heterocycles. The fourth-order valence-electron chi connectivity index (χ4n) is 1.13. The molecule has 60 valence electrons. The van der Waals surface area contributed by atoms with Crippen molar-refractivity contribution in [1.82, 2.24) is 20.7 Å². The van der Waals surface area contributed by atoms with Crippen LogP contribution in [0.2, 0.25) is 0 Å². The maximum atomic E-state index is 4.03. The van der Waals surface area contributed by atoms with E-state index in [1.165, 1.54) is 5.75 Å². The molecule has 2 N–H and O–H groups in total. The first kappa shape index (κ1) is 7.12. The molecule has 5 heteroatoms. The Hall–Kier alpha value is -0.550. The van der Waals surface area contributed by atoms with Gasteiger partial charge in [-0.3, -0.25) is 0 Å². The van der Waals surface area contributed by atoms with Gasteiger partial charge in [0, 0.05) is 18.1 Å². The molecular weight excluding hydrogens is 160 g/mol. The van der Waals surface area contributed by atoms with E-state index in [4.69, 9.17) is 0 Å². The molecule has 1 fully saturated rings. The van der Waals surface area contributed by atoms with Gasteiger partial charge in [0.05, 0.1) is 12.2 Å². The van der Waals surface area contributed by atoms with Crippen molar-refractivity contribution in [2.75, 3.05) is 18.1 Å².